The Balaban J connectivity index is 3.20. The Kier molecular flexibility index (Phi) is 4.31. The van der Waals surface area contributed by atoms with Crippen molar-refractivity contribution in [2.45, 2.75) is 5.88 Å². The Morgan fingerprint density at radius 1 is 1.06 bits per heavy atom. The number of hydrogen-bond acceptors (Lipinski definition) is 4. The summed E-state index contributed by atoms with van der Waals surface area (Å²) in [6.07, 6.45) is 0. The number of halogens is 1. The van der Waals surface area contributed by atoms with Crippen LogP contribution >= 0.6 is 11.6 Å². The highest BCUT2D eigenvalue weighted by atomic mass is 35.5. The molecule has 0 aliphatic carbocycles. The average molecular weight is 243 g/mol. The fourth-order valence-corrected chi connectivity index (χ4v) is 1.39. The van der Waals surface area contributed by atoms with E-state index in [-0.39, 0.29) is 17.0 Å². The molecule has 0 saturated heterocycles. The summed E-state index contributed by atoms with van der Waals surface area (Å²) in [4.78, 5) is 22.7. The van der Waals surface area contributed by atoms with Gasteiger partial charge in [0.2, 0.25) is 0 Å². The fourth-order valence-electron chi connectivity index (χ4n) is 1.24. The van der Waals surface area contributed by atoms with Crippen LogP contribution < -0.4 is 0 Å². The molecule has 1 aromatic rings. The van der Waals surface area contributed by atoms with Crippen molar-refractivity contribution < 1.29 is 19.1 Å². The first kappa shape index (κ1) is 12.5. The van der Waals surface area contributed by atoms with E-state index in [9.17, 15) is 9.59 Å². The standard InChI is InChI=1S/C11H11ClO4/c1-15-10(13)8-3-7(6-12)4-9(5-8)11(14)16-2/h3-5H,6H2,1-2H3. The van der Waals surface area contributed by atoms with Crippen molar-refractivity contribution in [1.82, 2.24) is 0 Å². The molecule has 0 fully saturated rings. The van der Waals surface area contributed by atoms with Gasteiger partial charge in [0.1, 0.15) is 0 Å². The van der Waals surface area contributed by atoms with Crippen molar-refractivity contribution >= 4 is 23.5 Å². The molecule has 0 aliphatic heterocycles. The van der Waals surface area contributed by atoms with Crippen LogP contribution in [-0.4, -0.2) is 26.2 Å². The number of esters is 2. The minimum absolute atomic E-state index is 0.203. The third-order valence-corrected chi connectivity index (χ3v) is 2.30. The van der Waals surface area contributed by atoms with Gasteiger partial charge >= 0.3 is 11.9 Å². The maximum Gasteiger partial charge on any atom is 0.337 e. The molecule has 1 aromatic carbocycles. The highest BCUT2D eigenvalue weighted by Gasteiger charge is 2.13. The minimum atomic E-state index is -0.517. The second-order valence-electron chi connectivity index (χ2n) is 3.04. The van der Waals surface area contributed by atoms with Gasteiger partial charge in [-0.1, -0.05) is 0 Å². The number of benzene rings is 1. The highest BCUT2D eigenvalue weighted by Crippen LogP contribution is 2.14. The topological polar surface area (TPSA) is 52.6 Å². The summed E-state index contributed by atoms with van der Waals surface area (Å²) in [6.45, 7) is 0. The van der Waals surface area contributed by atoms with Gasteiger partial charge in [0.15, 0.2) is 0 Å². The highest BCUT2D eigenvalue weighted by molar-refractivity contribution is 6.17. The zero-order chi connectivity index (χ0) is 12.1. The van der Waals surface area contributed by atoms with E-state index in [1.807, 2.05) is 0 Å². The lowest BCUT2D eigenvalue weighted by Gasteiger charge is -2.05. The third kappa shape index (κ3) is 2.73. The van der Waals surface area contributed by atoms with Crippen LogP contribution in [0.15, 0.2) is 18.2 Å². The lowest BCUT2D eigenvalue weighted by molar-refractivity contribution is 0.0599. The van der Waals surface area contributed by atoms with Crippen molar-refractivity contribution in [3.8, 4) is 0 Å². The lowest BCUT2D eigenvalue weighted by Crippen LogP contribution is -2.07. The second kappa shape index (κ2) is 5.51. The van der Waals surface area contributed by atoms with E-state index < -0.39 is 11.9 Å². The zero-order valence-corrected chi connectivity index (χ0v) is 9.71. The van der Waals surface area contributed by atoms with E-state index in [0.29, 0.717) is 5.56 Å². The molecule has 0 radical (unpaired) electrons. The molecule has 0 aromatic heterocycles. The van der Waals surface area contributed by atoms with Gasteiger partial charge in [-0.25, -0.2) is 9.59 Å². The normalized spacial score (nSPS) is 9.69. The van der Waals surface area contributed by atoms with Crippen molar-refractivity contribution in [2.75, 3.05) is 14.2 Å². The van der Waals surface area contributed by atoms with Crippen LogP contribution in [0.25, 0.3) is 0 Å². The van der Waals surface area contributed by atoms with Crippen LogP contribution in [0.3, 0.4) is 0 Å². The molecule has 0 aliphatic rings. The quantitative estimate of drug-likeness (QED) is 0.601. The van der Waals surface area contributed by atoms with Crippen LogP contribution in [0.1, 0.15) is 26.3 Å². The van der Waals surface area contributed by atoms with Gasteiger partial charge in [-0.15, -0.1) is 11.6 Å². The first-order valence-electron chi connectivity index (χ1n) is 4.49. The average Bonchev–Trinajstić information content (AvgIpc) is 2.35. The number of rotatable bonds is 3. The molecule has 1 rings (SSSR count). The second-order valence-corrected chi connectivity index (χ2v) is 3.30. The number of carbonyl (C=O) groups excluding carboxylic acids is 2. The first-order valence-corrected chi connectivity index (χ1v) is 5.02. The molecule has 0 heterocycles. The molecule has 86 valence electrons. The number of ether oxygens (including phenoxy) is 2. The molecule has 5 heteroatoms. The van der Waals surface area contributed by atoms with E-state index in [2.05, 4.69) is 9.47 Å². The van der Waals surface area contributed by atoms with Gasteiger partial charge in [-0.2, -0.15) is 0 Å². The Bertz CT molecular complexity index is 380. The van der Waals surface area contributed by atoms with Crippen molar-refractivity contribution in [3.05, 3.63) is 34.9 Å². The van der Waals surface area contributed by atoms with Crippen LogP contribution in [0, 0.1) is 0 Å². The van der Waals surface area contributed by atoms with Crippen molar-refractivity contribution in [1.29, 1.82) is 0 Å². The van der Waals surface area contributed by atoms with Gasteiger partial charge < -0.3 is 9.47 Å². The summed E-state index contributed by atoms with van der Waals surface area (Å²) in [5, 5.41) is 0. The first-order chi connectivity index (χ1) is 7.62. The van der Waals surface area contributed by atoms with E-state index in [1.165, 1.54) is 20.3 Å². The van der Waals surface area contributed by atoms with Gasteiger partial charge in [-0.05, 0) is 23.8 Å². The van der Waals surface area contributed by atoms with E-state index >= 15 is 0 Å². The van der Waals surface area contributed by atoms with Crippen LogP contribution in [0.4, 0.5) is 0 Å². The molecule has 4 nitrogen and oxygen atoms in total. The molecule has 0 atom stereocenters. The Morgan fingerprint density at radius 2 is 1.50 bits per heavy atom. The summed E-state index contributed by atoms with van der Waals surface area (Å²) in [5.41, 5.74) is 1.21. The molecule has 0 N–H and O–H groups in total. The molecule has 0 unspecified atom stereocenters. The van der Waals surface area contributed by atoms with Crippen LogP contribution in [0.5, 0.6) is 0 Å². The number of alkyl halides is 1. The molecule has 0 saturated carbocycles. The van der Waals surface area contributed by atoms with Gasteiger partial charge in [0, 0.05) is 5.88 Å². The predicted octanol–water partition coefficient (Wildman–Crippen LogP) is 2.00. The predicted molar refractivity (Wildman–Crippen MR) is 58.7 cm³/mol. The summed E-state index contributed by atoms with van der Waals surface area (Å²) >= 11 is 5.66. The largest absolute Gasteiger partial charge is 0.465 e. The Labute approximate surface area is 98.1 Å². The Hall–Kier alpha value is -1.55. The molecule has 0 amide bonds. The van der Waals surface area contributed by atoms with E-state index in [1.54, 1.807) is 12.1 Å². The number of carbonyl (C=O) groups is 2. The fraction of sp³-hybridized carbons (Fsp3) is 0.273. The van der Waals surface area contributed by atoms with E-state index in [4.69, 9.17) is 11.6 Å². The van der Waals surface area contributed by atoms with Crippen molar-refractivity contribution in [2.24, 2.45) is 0 Å². The Morgan fingerprint density at radius 3 is 1.81 bits per heavy atom. The number of methoxy groups -OCH3 is 2. The SMILES string of the molecule is COC(=O)c1cc(CCl)cc(C(=O)OC)c1. The van der Waals surface area contributed by atoms with E-state index in [0.717, 1.165) is 0 Å². The molecule has 0 spiro atoms. The maximum absolute atomic E-state index is 11.3. The van der Waals surface area contributed by atoms with Gasteiger partial charge in [0.05, 0.1) is 25.3 Å². The lowest BCUT2D eigenvalue weighted by atomic mass is 10.1. The monoisotopic (exact) mass is 242 g/mol. The molecule has 0 bridgehead atoms. The molecular weight excluding hydrogens is 232 g/mol. The van der Waals surface area contributed by atoms with Crippen LogP contribution in [-0.2, 0) is 15.4 Å². The third-order valence-electron chi connectivity index (χ3n) is 1.99. The van der Waals surface area contributed by atoms with Gasteiger partial charge in [-0.3, -0.25) is 0 Å². The number of hydrogen-bond donors (Lipinski definition) is 0. The summed E-state index contributed by atoms with van der Waals surface area (Å²) in [5.74, 6) is -0.830. The maximum atomic E-state index is 11.3. The summed E-state index contributed by atoms with van der Waals surface area (Å²) in [7, 11) is 2.54. The summed E-state index contributed by atoms with van der Waals surface area (Å²) < 4.78 is 9.14. The van der Waals surface area contributed by atoms with Gasteiger partial charge in [0.25, 0.3) is 0 Å². The van der Waals surface area contributed by atoms with Crippen LogP contribution in [0.2, 0.25) is 0 Å². The molecular formula is C11H11ClO4. The summed E-state index contributed by atoms with van der Waals surface area (Å²) in [6, 6.07) is 4.56. The smallest absolute Gasteiger partial charge is 0.337 e. The minimum Gasteiger partial charge on any atom is -0.465 e. The molecule has 16 heavy (non-hydrogen) atoms. The van der Waals surface area contributed by atoms with Crippen molar-refractivity contribution in [3.63, 3.8) is 0 Å². The zero-order valence-electron chi connectivity index (χ0n) is 8.95.